The average Bonchev–Trinajstić information content (AvgIpc) is 2.73. The van der Waals surface area contributed by atoms with Crippen LogP contribution in [0.25, 0.3) is 11.3 Å². The Hall–Kier alpha value is -1.68. The molecular weight excluding hydrogens is 222 g/mol. The molecule has 0 radical (unpaired) electrons. The predicted octanol–water partition coefficient (Wildman–Crippen LogP) is 2.54. The molecule has 88 valence electrons. The molecular formula is C13H12F2N2. The number of nitrogens with zero attached hydrogens (tertiary/aromatic N) is 1. The smallest absolute Gasteiger partial charge is 0.135 e. The van der Waals surface area contributed by atoms with Gasteiger partial charge in [-0.15, -0.1) is 0 Å². The molecule has 3 rings (SSSR count). The van der Waals surface area contributed by atoms with E-state index >= 15 is 0 Å². The van der Waals surface area contributed by atoms with E-state index in [2.05, 4.69) is 5.32 Å². The predicted molar refractivity (Wildman–Crippen MR) is 61.5 cm³/mol. The quantitative estimate of drug-likeness (QED) is 0.802. The van der Waals surface area contributed by atoms with Crippen molar-refractivity contribution < 1.29 is 8.78 Å². The van der Waals surface area contributed by atoms with Crippen LogP contribution in [-0.4, -0.2) is 11.1 Å². The van der Waals surface area contributed by atoms with Crippen molar-refractivity contribution in [2.45, 2.75) is 13.1 Å². The summed E-state index contributed by atoms with van der Waals surface area (Å²) >= 11 is 0. The molecule has 1 N–H and O–H groups in total. The first kappa shape index (κ1) is 10.5. The number of hydrogen-bond donors (Lipinski definition) is 1. The van der Waals surface area contributed by atoms with E-state index in [9.17, 15) is 8.78 Å². The molecule has 0 amide bonds. The topological polar surface area (TPSA) is 17.0 Å². The van der Waals surface area contributed by atoms with Gasteiger partial charge in [0.1, 0.15) is 11.6 Å². The Labute approximate surface area is 97.9 Å². The van der Waals surface area contributed by atoms with Gasteiger partial charge in [0.05, 0.1) is 11.3 Å². The van der Waals surface area contributed by atoms with Gasteiger partial charge in [0.2, 0.25) is 0 Å². The van der Waals surface area contributed by atoms with E-state index in [1.807, 2.05) is 10.6 Å². The number of hydrogen-bond acceptors (Lipinski definition) is 1. The average molecular weight is 234 g/mol. The zero-order chi connectivity index (χ0) is 11.8. The minimum atomic E-state index is -0.510. The van der Waals surface area contributed by atoms with Crippen molar-refractivity contribution in [3.8, 4) is 11.3 Å². The van der Waals surface area contributed by atoms with E-state index in [-0.39, 0.29) is 5.56 Å². The maximum Gasteiger partial charge on any atom is 0.135 e. The molecule has 0 bridgehead atoms. The van der Waals surface area contributed by atoms with Crippen molar-refractivity contribution in [2.24, 2.45) is 0 Å². The summed E-state index contributed by atoms with van der Waals surface area (Å²) < 4.78 is 29.4. The van der Waals surface area contributed by atoms with Gasteiger partial charge in [0.25, 0.3) is 0 Å². The normalized spacial score (nSPS) is 14.7. The molecule has 17 heavy (non-hydrogen) atoms. The molecule has 0 aliphatic carbocycles. The fraction of sp³-hybridized carbons (Fsp3) is 0.231. The highest BCUT2D eigenvalue weighted by Gasteiger charge is 2.18. The van der Waals surface area contributed by atoms with E-state index in [0.717, 1.165) is 25.3 Å². The van der Waals surface area contributed by atoms with Crippen molar-refractivity contribution >= 4 is 0 Å². The molecule has 2 aromatic rings. The van der Waals surface area contributed by atoms with Crippen LogP contribution >= 0.6 is 0 Å². The van der Waals surface area contributed by atoms with Gasteiger partial charge in [0, 0.05) is 25.3 Å². The molecule has 0 unspecified atom stereocenters. The Balaban J connectivity index is 2.19. The maximum absolute atomic E-state index is 13.7. The van der Waals surface area contributed by atoms with Gasteiger partial charge in [-0.3, -0.25) is 0 Å². The van der Waals surface area contributed by atoms with Crippen LogP contribution in [0.4, 0.5) is 8.78 Å². The Morgan fingerprint density at radius 1 is 1.06 bits per heavy atom. The van der Waals surface area contributed by atoms with Crippen molar-refractivity contribution in [3.63, 3.8) is 0 Å². The Bertz CT molecular complexity index is 540. The molecule has 0 saturated carbocycles. The van der Waals surface area contributed by atoms with Crippen LogP contribution in [-0.2, 0) is 13.1 Å². The number of nitrogens with one attached hydrogen (secondary N) is 1. The van der Waals surface area contributed by atoms with Gasteiger partial charge in [0.15, 0.2) is 0 Å². The summed E-state index contributed by atoms with van der Waals surface area (Å²) in [5, 5.41) is 3.23. The van der Waals surface area contributed by atoms with Crippen LogP contribution in [0.15, 0.2) is 30.3 Å². The number of halogens is 2. The number of rotatable bonds is 1. The van der Waals surface area contributed by atoms with E-state index < -0.39 is 11.6 Å². The van der Waals surface area contributed by atoms with Gasteiger partial charge < -0.3 is 9.88 Å². The van der Waals surface area contributed by atoms with Crippen molar-refractivity contribution in [3.05, 3.63) is 47.7 Å². The second kappa shape index (κ2) is 3.96. The minimum absolute atomic E-state index is 0.0700. The second-order valence-corrected chi connectivity index (χ2v) is 4.13. The lowest BCUT2D eigenvalue weighted by atomic mass is 10.1. The van der Waals surface area contributed by atoms with Crippen LogP contribution in [0.2, 0.25) is 0 Å². The fourth-order valence-corrected chi connectivity index (χ4v) is 2.30. The minimum Gasteiger partial charge on any atom is -0.342 e. The lowest BCUT2D eigenvalue weighted by molar-refractivity contribution is 0.516. The lowest BCUT2D eigenvalue weighted by Gasteiger charge is -2.19. The van der Waals surface area contributed by atoms with Gasteiger partial charge >= 0.3 is 0 Å². The summed E-state index contributed by atoms with van der Waals surface area (Å²) in [4.78, 5) is 0. The van der Waals surface area contributed by atoms with Gasteiger partial charge in [-0.25, -0.2) is 8.78 Å². The van der Waals surface area contributed by atoms with E-state index in [1.54, 1.807) is 6.07 Å². The number of benzene rings is 1. The third-order valence-corrected chi connectivity index (χ3v) is 3.11. The van der Waals surface area contributed by atoms with Crippen molar-refractivity contribution in [1.29, 1.82) is 0 Å². The third kappa shape index (κ3) is 1.65. The van der Waals surface area contributed by atoms with Crippen LogP contribution in [0.1, 0.15) is 5.69 Å². The molecule has 1 aliphatic rings. The summed E-state index contributed by atoms with van der Waals surface area (Å²) in [6.45, 7) is 2.31. The molecule has 1 aliphatic heterocycles. The van der Waals surface area contributed by atoms with E-state index in [4.69, 9.17) is 0 Å². The fourth-order valence-electron chi connectivity index (χ4n) is 2.30. The highest BCUT2D eigenvalue weighted by molar-refractivity contribution is 5.62. The van der Waals surface area contributed by atoms with Gasteiger partial charge in [-0.05, 0) is 24.3 Å². The number of aromatic nitrogens is 1. The highest BCUT2D eigenvalue weighted by Crippen LogP contribution is 2.28. The summed E-state index contributed by atoms with van der Waals surface area (Å²) in [6.07, 6.45) is 0. The van der Waals surface area contributed by atoms with Crippen LogP contribution in [0, 0.1) is 11.6 Å². The summed E-state index contributed by atoms with van der Waals surface area (Å²) in [6, 6.07) is 7.66. The molecule has 1 aromatic carbocycles. The molecule has 0 atom stereocenters. The van der Waals surface area contributed by atoms with Crippen molar-refractivity contribution in [1.82, 2.24) is 9.88 Å². The van der Waals surface area contributed by atoms with E-state index in [0.29, 0.717) is 5.69 Å². The second-order valence-electron chi connectivity index (χ2n) is 4.13. The van der Waals surface area contributed by atoms with Crippen molar-refractivity contribution in [2.75, 3.05) is 6.54 Å². The highest BCUT2D eigenvalue weighted by atomic mass is 19.1. The first-order chi connectivity index (χ1) is 8.27. The summed E-state index contributed by atoms with van der Waals surface area (Å²) in [5.41, 5.74) is 1.76. The number of fused-ring (bicyclic) bond motifs is 1. The van der Waals surface area contributed by atoms with Crippen LogP contribution < -0.4 is 5.32 Å². The first-order valence-electron chi connectivity index (χ1n) is 5.61. The largest absolute Gasteiger partial charge is 0.342 e. The van der Waals surface area contributed by atoms with Gasteiger partial charge in [-0.2, -0.15) is 0 Å². The maximum atomic E-state index is 13.7. The third-order valence-electron chi connectivity index (χ3n) is 3.11. The molecule has 0 fully saturated rings. The molecule has 2 nitrogen and oxygen atoms in total. The monoisotopic (exact) mass is 234 g/mol. The standard InChI is InChI=1S/C13H12F2N2/c14-10-2-1-3-11(15)13(10)12-5-4-9-8-16-6-7-17(9)12/h1-5,16H,6-8H2. The molecule has 1 aromatic heterocycles. The Morgan fingerprint density at radius 2 is 1.82 bits per heavy atom. The summed E-state index contributed by atoms with van der Waals surface area (Å²) in [7, 11) is 0. The molecule has 0 saturated heterocycles. The Kier molecular flexibility index (Phi) is 2.44. The SMILES string of the molecule is Fc1cccc(F)c1-c1ccc2n1CCNC2. The molecule has 4 heteroatoms. The lowest BCUT2D eigenvalue weighted by Crippen LogP contribution is -2.28. The molecule has 0 spiro atoms. The summed E-state index contributed by atoms with van der Waals surface area (Å²) in [5.74, 6) is -1.02. The first-order valence-corrected chi connectivity index (χ1v) is 5.61. The zero-order valence-electron chi connectivity index (χ0n) is 9.21. The zero-order valence-corrected chi connectivity index (χ0v) is 9.21. The van der Waals surface area contributed by atoms with Crippen LogP contribution in [0.5, 0.6) is 0 Å². The molecule has 2 heterocycles. The van der Waals surface area contributed by atoms with Gasteiger partial charge in [-0.1, -0.05) is 6.07 Å². The van der Waals surface area contributed by atoms with E-state index in [1.165, 1.54) is 18.2 Å². The van der Waals surface area contributed by atoms with Crippen LogP contribution in [0.3, 0.4) is 0 Å². The Morgan fingerprint density at radius 3 is 2.59 bits per heavy atom.